The molecule has 18 heavy (non-hydrogen) atoms. The van der Waals surface area contributed by atoms with Gasteiger partial charge in [0.05, 0.1) is 11.6 Å². The lowest BCUT2D eigenvalue weighted by Gasteiger charge is -2.08. The molecule has 0 spiro atoms. The Morgan fingerprint density at radius 2 is 2.11 bits per heavy atom. The van der Waals surface area contributed by atoms with Gasteiger partial charge in [-0.2, -0.15) is 0 Å². The van der Waals surface area contributed by atoms with Crippen LogP contribution in [0.3, 0.4) is 0 Å². The lowest BCUT2D eigenvalue weighted by atomic mass is 10.2. The Balaban J connectivity index is 2.09. The Morgan fingerprint density at radius 3 is 2.78 bits per heavy atom. The number of rotatable bonds is 8. The van der Waals surface area contributed by atoms with Crippen molar-refractivity contribution in [2.24, 2.45) is 5.92 Å². The van der Waals surface area contributed by atoms with Crippen molar-refractivity contribution >= 4 is 11.6 Å². The second-order valence-electron chi connectivity index (χ2n) is 4.73. The summed E-state index contributed by atoms with van der Waals surface area (Å²) in [6, 6.07) is 4.51. The minimum Gasteiger partial charge on any atom is -0.493 e. The third-order valence-corrected chi connectivity index (χ3v) is 2.77. The maximum absolute atomic E-state index is 13.1. The van der Waals surface area contributed by atoms with Crippen molar-refractivity contribution in [1.82, 2.24) is 5.32 Å². The van der Waals surface area contributed by atoms with Gasteiger partial charge in [0.15, 0.2) is 0 Å². The van der Waals surface area contributed by atoms with Gasteiger partial charge in [-0.15, -0.1) is 0 Å². The van der Waals surface area contributed by atoms with Gasteiger partial charge in [0, 0.05) is 6.07 Å². The first kappa shape index (κ1) is 15.3. The lowest BCUT2D eigenvalue weighted by Crippen LogP contribution is -2.21. The quantitative estimate of drug-likeness (QED) is 0.726. The van der Waals surface area contributed by atoms with E-state index in [1.54, 1.807) is 6.07 Å². The molecular formula is C14H21ClFNO. The zero-order chi connectivity index (χ0) is 13.4. The highest BCUT2D eigenvalue weighted by molar-refractivity contribution is 6.30. The predicted octanol–water partition coefficient (Wildman–Crippen LogP) is 3.88. The van der Waals surface area contributed by atoms with Gasteiger partial charge in [-0.25, -0.2) is 4.39 Å². The lowest BCUT2D eigenvalue weighted by molar-refractivity contribution is 0.304. The third kappa shape index (κ3) is 6.22. The van der Waals surface area contributed by atoms with Crippen molar-refractivity contribution in [2.45, 2.75) is 26.7 Å². The molecular weight excluding hydrogens is 253 g/mol. The van der Waals surface area contributed by atoms with Crippen molar-refractivity contribution in [3.63, 3.8) is 0 Å². The van der Waals surface area contributed by atoms with Crippen LogP contribution in [0.4, 0.5) is 4.39 Å². The molecule has 0 aliphatic heterocycles. The van der Waals surface area contributed by atoms with E-state index in [2.05, 4.69) is 19.2 Å². The maximum atomic E-state index is 13.1. The van der Waals surface area contributed by atoms with Crippen LogP contribution in [0.1, 0.15) is 26.7 Å². The first-order valence-corrected chi connectivity index (χ1v) is 6.76. The van der Waals surface area contributed by atoms with Crippen LogP contribution in [0.15, 0.2) is 18.2 Å². The molecule has 0 atom stereocenters. The van der Waals surface area contributed by atoms with E-state index >= 15 is 0 Å². The summed E-state index contributed by atoms with van der Waals surface area (Å²) in [7, 11) is 0. The number of benzene rings is 1. The molecule has 0 saturated carbocycles. The van der Waals surface area contributed by atoms with E-state index in [0.29, 0.717) is 18.3 Å². The first-order valence-electron chi connectivity index (χ1n) is 6.38. The molecule has 102 valence electrons. The summed E-state index contributed by atoms with van der Waals surface area (Å²) in [4.78, 5) is 0. The summed E-state index contributed by atoms with van der Waals surface area (Å²) < 4.78 is 18.6. The van der Waals surface area contributed by atoms with Gasteiger partial charge < -0.3 is 10.1 Å². The number of nitrogens with one attached hydrogen (secondary N) is 1. The van der Waals surface area contributed by atoms with Crippen LogP contribution in [-0.4, -0.2) is 19.7 Å². The van der Waals surface area contributed by atoms with Crippen LogP contribution in [-0.2, 0) is 0 Å². The monoisotopic (exact) mass is 273 g/mol. The molecule has 1 N–H and O–H groups in total. The fourth-order valence-corrected chi connectivity index (χ4v) is 1.62. The summed E-state index contributed by atoms with van der Waals surface area (Å²) in [5.41, 5.74) is 0. The van der Waals surface area contributed by atoms with E-state index in [9.17, 15) is 4.39 Å². The molecule has 1 aromatic carbocycles. The Kier molecular flexibility index (Phi) is 7.06. The van der Waals surface area contributed by atoms with Crippen LogP contribution in [0, 0.1) is 11.7 Å². The molecule has 0 bridgehead atoms. The summed E-state index contributed by atoms with van der Waals surface area (Å²) in [6.07, 6.45) is 2.01. The molecule has 0 unspecified atom stereocenters. The fourth-order valence-electron chi connectivity index (χ4n) is 1.50. The minimum absolute atomic E-state index is 0.125. The van der Waals surface area contributed by atoms with E-state index < -0.39 is 5.82 Å². The van der Waals surface area contributed by atoms with Crippen LogP contribution in [0.2, 0.25) is 5.02 Å². The van der Waals surface area contributed by atoms with Crippen molar-refractivity contribution in [2.75, 3.05) is 19.7 Å². The van der Waals surface area contributed by atoms with Crippen LogP contribution in [0.25, 0.3) is 0 Å². The van der Waals surface area contributed by atoms with Crippen molar-refractivity contribution < 1.29 is 9.13 Å². The SMILES string of the molecule is CC(C)CNCCCCOc1ccc(Cl)c(F)c1. The molecule has 0 fully saturated rings. The third-order valence-electron chi connectivity index (χ3n) is 2.46. The summed E-state index contributed by atoms with van der Waals surface area (Å²) in [5.74, 6) is 0.776. The highest BCUT2D eigenvalue weighted by Gasteiger charge is 2.01. The van der Waals surface area contributed by atoms with Gasteiger partial charge >= 0.3 is 0 Å². The number of halogens is 2. The average molecular weight is 274 g/mol. The highest BCUT2D eigenvalue weighted by Crippen LogP contribution is 2.20. The molecule has 4 heteroatoms. The Labute approximate surface area is 113 Å². The van der Waals surface area contributed by atoms with Crippen LogP contribution < -0.4 is 10.1 Å². The molecule has 0 aromatic heterocycles. The number of ether oxygens (including phenoxy) is 1. The normalized spacial score (nSPS) is 10.9. The molecule has 0 radical (unpaired) electrons. The van der Waals surface area contributed by atoms with Crippen molar-refractivity contribution in [3.05, 3.63) is 29.0 Å². The summed E-state index contributed by atoms with van der Waals surface area (Å²) in [6.45, 7) is 7.01. The minimum atomic E-state index is -0.437. The van der Waals surface area contributed by atoms with Crippen LogP contribution >= 0.6 is 11.6 Å². The van der Waals surface area contributed by atoms with Gasteiger partial charge in [0.25, 0.3) is 0 Å². The van der Waals surface area contributed by atoms with Crippen LogP contribution in [0.5, 0.6) is 5.75 Å². The van der Waals surface area contributed by atoms with E-state index in [1.807, 2.05) is 0 Å². The molecule has 0 amide bonds. The van der Waals surface area contributed by atoms with Crippen molar-refractivity contribution in [1.29, 1.82) is 0 Å². The highest BCUT2D eigenvalue weighted by atomic mass is 35.5. The largest absolute Gasteiger partial charge is 0.493 e. The van der Waals surface area contributed by atoms with Gasteiger partial charge in [-0.05, 0) is 44.0 Å². The second kappa shape index (κ2) is 8.33. The van der Waals surface area contributed by atoms with Gasteiger partial charge in [0.1, 0.15) is 11.6 Å². The second-order valence-corrected chi connectivity index (χ2v) is 5.14. The summed E-state index contributed by atoms with van der Waals surface area (Å²) in [5, 5.41) is 3.49. The Bertz CT molecular complexity index is 358. The Morgan fingerprint density at radius 1 is 1.33 bits per heavy atom. The van der Waals surface area contributed by atoms with E-state index in [4.69, 9.17) is 16.3 Å². The van der Waals surface area contributed by atoms with E-state index in [1.165, 1.54) is 12.1 Å². The number of hydrogen-bond donors (Lipinski definition) is 1. The topological polar surface area (TPSA) is 21.3 Å². The number of unbranched alkanes of at least 4 members (excludes halogenated alkanes) is 1. The zero-order valence-corrected chi connectivity index (χ0v) is 11.8. The average Bonchev–Trinajstić information content (AvgIpc) is 2.32. The van der Waals surface area contributed by atoms with E-state index in [-0.39, 0.29) is 5.02 Å². The first-order chi connectivity index (χ1) is 8.59. The predicted molar refractivity (Wildman–Crippen MR) is 73.8 cm³/mol. The van der Waals surface area contributed by atoms with Gasteiger partial charge in [-0.3, -0.25) is 0 Å². The number of hydrogen-bond acceptors (Lipinski definition) is 2. The van der Waals surface area contributed by atoms with E-state index in [0.717, 1.165) is 25.9 Å². The molecule has 1 aromatic rings. The summed E-state index contributed by atoms with van der Waals surface area (Å²) >= 11 is 5.59. The van der Waals surface area contributed by atoms with Gasteiger partial charge in [0.2, 0.25) is 0 Å². The molecule has 0 heterocycles. The molecule has 0 saturated heterocycles. The molecule has 0 aliphatic rings. The Hall–Kier alpha value is -0.800. The van der Waals surface area contributed by atoms with Crippen molar-refractivity contribution in [3.8, 4) is 5.75 Å². The molecule has 0 aliphatic carbocycles. The molecule has 2 nitrogen and oxygen atoms in total. The smallest absolute Gasteiger partial charge is 0.145 e. The fraction of sp³-hybridized carbons (Fsp3) is 0.571. The van der Waals surface area contributed by atoms with Gasteiger partial charge in [-0.1, -0.05) is 25.4 Å². The molecule has 1 rings (SSSR count). The maximum Gasteiger partial charge on any atom is 0.145 e. The standard InChI is InChI=1S/C14H21ClFNO/c1-11(2)10-17-7-3-4-8-18-12-5-6-13(15)14(16)9-12/h5-6,9,11,17H,3-4,7-8,10H2,1-2H3. The zero-order valence-electron chi connectivity index (χ0n) is 11.0.